The first-order valence-corrected chi connectivity index (χ1v) is 10.00. The fourth-order valence-electron chi connectivity index (χ4n) is 3.67. The van der Waals surface area contributed by atoms with Crippen LogP contribution < -0.4 is 4.72 Å². The Labute approximate surface area is 148 Å². The van der Waals surface area contributed by atoms with Crippen LogP contribution >= 0.6 is 0 Å². The molecule has 0 radical (unpaired) electrons. The van der Waals surface area contributed by atoms with Crippen molar-refractivity contribution in [3.05, 3.63) is 76.9 Å². The van der Waals surface area contributed by atoms with E-state index in [2.05, 4.69) is 16.9 Å². The first-order chi connectivity index (χ1) is 12.1. The lowest BCUT2D eigenvalue weighted by atomic mass is 9.88. The predicted octanol–water partition coefficient (Wildman–Crippen LogP) is 3.83. The standard InChI is InChI=1S/C20H20N2O2S/c1-14-19(16-9-3-2-4-10-16)25(23,24)22-20(14)21-18-13-7-11-15-8-5-6-12-17(15)18/h2-6,8-10,12,18H,7,11,13H2,1H3,(H,21,22). The van der Waals surface area contributed by atoms with Gasteiger partial charge in [-0.25, -0.2) is 8.42 Å². The third-order valence-corrected chi connectivity index (χ3v) is 6.40. The molecular weight excluding hydrogens is 332 g/mol. The second-order valence-corrected chi connectivity index (χ2v) is 8.13. The fourth-order valence-corrected chi connectivity index (χ4v) is 5.18. The number of amidine groups is 1. The lowest BCUT2D eigenvalue weighted by molar-refractivity contribution is 0.571. The Morgan fingerprint density at radius 2 is 1.76 bits per heavy atom. The molecule has 2 aromatic rings. The molecule has 25 heavy (non-hydrogen) atoms. The van der Waals surface area contributed by atoms with Gasteiger partial charge in [0.15, 0.2) is 0 Å². The van der Waals surface area contributed by atoms with Crippen LogP contribution in [0.25, 0.3) is 4.91 Å². The Kier molecular flexibility index (Phi) is 3.96. The quantitative estimate of drug-likeness (QED) is 0.893. The van der Waals surface area contributed by atoms with Crippen molar-refractivity contribution < 1.29 is 8.42 Å². The van der Waals surface area contributed by atoms with E-state index in [4.69, 9.17) is 4.99 Å². The van der Waals surface area contributed by atoms with Crippen molar-refractivity contribution >= 4 is 20.8 Å². The van der Waals surface area contributed by atoms with Crippen molar-refractivity contribution in [1.82, 2.24) is 4.72 Å². The Morgan fingerprint density at radius 3 is 2.56 bits per heavy atom. The summed E-state index contributed by atoms with van der Waals surface area (Å²) in [5.41, 5.74) is 3.91. The maximum atomic E-state index is 12.6. The number of nitrogens with zero attached hydrogens (tertiary/aromatic N) is 1. The van der Waals surface area contributed by atoms with E-state index >= 15 is 0 Å². The average Bonchev–Trinajstić information content (AvgIpc) is 2.84. The Balaban J connectivity index is 1.78. The summed E-state index contributed by atoms with van der Waals surface area (Å²) in [5.74, 6) is 0.473. The summed E-state index contributed by atoms with van der Waals surface area (Å²) in [4.78, 5) is 5.13. The van der Waals surface area contributed by atoms with Gasteiger partial charge < -0.3 is 0 Å². The van der Waals surface area contributed by atoms with Gasteiger partial charge in [0.2, 0.25) is 0 Å². The molecule has 1 atom stereocenters. The molecule has 0 spiro atoms. The van der Waals surface area contributed by atoms with Crippen LogP contribution in [-0.4, -0.2) is 14.3 Å². The van der Waals surface area contributed by atoms with E-state index in [0.29, 0.717) is 21.9 Å². The summed E-state index contributed by atoms with van der Waals surface area (Å²) in [6, 6.07) is 17.5. The van der Waals surface area contributed by atoms with Gasteiger partial charge in [-0.05, 0) is 42.9 Å². The summed E-state index contributed by atoms with van der Waals surface area (Å²) in [6.45, 7) is 1.83. The highest BCUT2D eigenvalue weighted by Gasteiger charge is 2.33. The van der Waals surface area contributed by atoms with Crippen molar-refractivity contribution in [2.24, 2.45) is 4.99 Å². The number of benzene rings is 2. The minimum atomic E-state index is -3.57. The molecule has 1 aliphatic heterocycles. The van der Waals surface area contributed by atoms with Crippen LogP contribution in [-0.2, 0) is 16.4 Å². The number of fused-ring (bicyclic) bond motifs is 1. The van der Waals surface area contributed by atoms with Crippen LogP contribution in [0.4, 0.5) is 0 Å². The van der Waals surface area contributed by atoms with Crippen LogP contribution in [0, 0.1) is 0 Å². The fraction of sp³-hybridized carbons (Fsp3) is 0.250. The van der Waals surface area contributed by atoms with Gasteiger partial charge in [0.05, 0.1) is 6.04 Å². The van der Waals surface area contributed by atoms with Gasteiger partial charge in [0.25, 0.3) is 10.0 Å². The predicted molar refractivity (Wildman–Crippen MR) is 101 cm³/mol. The molecule has 0 amide bonds. The monoisotopic (exact) mass is 352 g/mol. The van der Waals surface area contributed by atoms with Crippen molar-refractivity contribution in [3.8, 4) is 0 Å². The molecular formula is C20H20N2O2S. The zero-order valence-electron chi connectivity index (χ0n) is 14.1. The number of hydrogen-bond acceptors (Lipinski definition) is 3. The molecule has 2 aliphatic rings. The van der Waals surface area contributed by atoms with E-state index in [1.54, 1.807) is 0 Å². The summed E-state index contributed by atoms with van der Waals surface area (Å²) in [6.07, 6.45) is 3.07. The van der Waals surface area contributed by atoms with Gasteiger partial charge in [-0.2, -0.15) is 0 Å². The van der Waals surface area contributed by atoms with E-state index in [9.17, 15) is 8.42 Å². The number of hydrogen-bond donors (Lipinski definition) is 1. The van der Waals surface area contributed by atoms with E-state index in [0.717, 1.165) is 19.3 Å². The third kappa shape index (κ3) is 2.89. The highest BCUT2D eigenvalue weighted by molar-refractivity contribution is 8.00. The molecule has 2 aromatic carbocycles. The topological polar surface area (TPSA) is 58.5 Å². The molecule has 0 aromatic heterocycles. The minimum Gasteiger partial charge on any atom is -0.263 e. The molecule has 128 valence electrons. The number of aryl methyl sites for hydroxylation is 1. The lowest BCUT2D eigenvalue weighted by Gasteiger charge is -2.22. The van der Waals surface area contributed by atoms with E-state index in [1.807, 2.05) is 49.4 Å². The molecule has 0 fully saturated rings. The molecule has 1 N–H and O–H groups in total. The molecule has 0 saturated heterocycles. The van der Waals surface area contributed by atoms with Gasteiger partial charge in [-0.1, -0.05) is 54.6 Å². The van der Waals surface area contributed by atoms with Gasteiger partial charge in [0, 0.05) is 5.57 Å². The maximum absolute atomic E-state index is 12.6. The summed E-state index contributed by atoms with van der Waals surface area (Å²) in [7, 11) is -3.57. The summed E-state index contributed by atoms with van der Waals surface area (Å²) in [5, 5.41) is 0. The molecule has 1 aliphatic carbocycles. The van der Waals surface area contributed by atoms with E-state index in [-0.39, 0.29) is 6.04 Å². The van der Waals surface area contributed by atoms with Crippen molar-refractivity contribution in [3.63, 3.8) is 0 Å². The third-order valence-electron chi connectivity index (χ3n) is 4.85. The molecule has 5 heteroatoms. The summed E-state index contributed by atoms with van der Waals surface area (Å²) >= 11 is 0. The second-order valence-electron chi connectivity index (χ2n) is 6.51. The van der Waals surface area contributed by atoms with Crippen molar-refractivity contribution in [2.75, 3.05) is 0 Å². The van der Waals surface area contributed by atoms with Crippen LogP contribution in [0.3, 0.4) is 0 Å². The maximum Gasteiger partial charge on any atom is 0.264 e. The molecule has 4 nitrogen and oxygen atoms in total. The molecule has 1 unspecified atom stereocenters. The van der Waals surface area contributed by atoms with Crippen LogP contribution in [0.15, 0.2) is 65.2 Å². The number of aliphatic imine (C=N–C) groups is 1. The zero-order valence-corrected chi connectivity index (χ0v) is 14.9. The van der Waals surface area contributed by atoms with Gasteiger partial charge in [-0.15, -0.1) is 0 Å². The number of sulfonamides is 1. The second kappa shape index (κ2) is 6.15. The Morgan fingerprint density at radius 1 is 1.04 bits per heavy atom. The number of rotatable bonds is 2. The zero-order chi connectivity index (χ0) is 17.4. The van der Waals surface area contributed by atoms with Crippen molar-refractivity contribution in [1.29, 1.82) is 0 Å². The van der Waals surface area contributed by atoms with Crippen LogP contribution in [0.1, 0.15) is 42.5 Å². The van der Waals surface area contributed by atoms with Gasteiger partial charge in [-0.3, -0.25) is 9.71 Å². The van der Waals surface area contributed by atoms with Gasteiger partial charge in [0.1, 0.15) is 10.7 Å². The van der Waals surface area contributed by atoms with E-state index in [1.165, 1.54) is 11.1 Å². The first-order valence-electron chi connectivity index (χ1n) is 8.51. The highest BCUT2D eigenvalue weighted by Crippen LogP contribution is 2.35. The smallest absolute Gasteiger partial charge is 0.263 e. The molecule has 1 heterocycles. The van der Waals surface area contributed by atoms with Gasteiger partial charge >= 0.3 is 0 Å². The largest absolute Gasteiger partial charge is 0.264 e. The van der Waals surface area contributed by atoms with Crippen LogP contribution in [0.2, 0.25) is 0 Å². The SMILES string of the molecule is CC1=C(c2ccccc2)S(=O)(=O)NC1=NC1CCCc2ccccc21. The summed E-state index contributed by atoms with van der Waals surface area (Å²) < 4.78 is 27.9. The molecule has 0 saturated carbocycles. The first kappa shape index (κ1) is 16.1. The Bertz CT molecular complexity index is 976. The van der Waals surface area contributed by atoms with Crippen LogP contribution in [0.5, 0.6) is 0 Å². The molecule has 4 rings (SSSR count). The van der Waals surface area contributed by atoms with Crippen molar-refractivity contribution in [2.45, 2.75) is 32.2 Å². The number of nitrogens with one attached hydrogen (secondary N) is 1. The molecule has 0 bridgehead atoms. The average molecular weight is 352 g/mol. The van der Waals surface area contributed by atoms with E-state index < -0.39 is 10.0 Å². The normalized spacial score (nSPS) is 23.4. The minimum absolute atomic E-state index is 0.00715. The Hall–Kier alpha value is -2.40. The highest BCUT2D eigenvalue weighted by atomic mass is 32.2. The lowest BCUT2D eigenvalue weighted by Crippen LogP contribution is -2.24.